The lowest BCUT2D eigenvalue weighted by Gasteiger charge is -2.39. The van der Waals surface area contributed by atoms with Gasteiger partial charge in [-0.1, -0.05) is 194 Å². The zero-order chi connectivity index (χ0) is 39.8. The Morgan fingerprint density at radius 2 is 1.33 bits per heavy atom. The number of aliphatic hydroxyl groups excluding tert-OH is 1. The summed E-state index contributed by atoms with van der Waals surface area (Å²) in [6, 6.07) is 32.7. The van der Waals surface area contributed by atoms with E-state index in [4.69, 9.17) is 0 Å². The highest BCUT2D eigenvalue weighted by atomic mass is 16.3. The van der Waals surface area contributed by atoms with Crippen LogP contribution in [0.1, 0.15) is 156 Å². The number of ketones is 1. The van der Waals surface area contributed by atoms with Gasteiger partial charge in [-0.15, -0.1) is 0 Å². The van der Waals surface area contributed by atoms with Gasteiger partial charge < -0.3 is 5.11 Å². The second-order valence-electron chi connectivity index (χ2n) is 17.5. The quantitative estimate of drug-likeness (QED) is 0.0810. The molecular weight excluding hydrogens is 693 g/mol. The maximum absolute atomic E-state index is 13.3. The fourth-order valence-electron chi connectivity index (χ4n) is 10.4. The molecule has 4 aromatic rings. The van der Waals surface area contributed by atoms with E-state index >= 15 is 0 Å². The average Bonchev–Trinajstić information content (AvgIpc) is 3.54. The van der Waals surface area contributed by atoms with Gasteiger partial charge in [0.05, 0.1) is 6.10 Å². The van der Waals surface area contributed by atoms with Crippen molar-refractivity contribution >= 4 is 5.78 Å². The molecular formula is C55H66O2. The molecule has 7 rings (SSSR count). The van der Waals surface area contributed by atoms with Gasteiger partial charge in [0.15, 0.2) is 5.78 Å². The molecule has 0 bridgehead atoms. The van der Waals surface area contributed by atoms with Crippen LogP contribution < -0.4 is 0 Å². The van der Waals surface area contributed by atoms with Crippen LogP contribution in [0.15, 0.2) is 127 Å². The number of rotatable bonds is 18. The number of hydrogen-bond acceptors (Lipinski definition) is 2. The van der Waals surface area contributed by atoms with Gasteiger partial charge in [0.2, 0.25) is 0 Å². The van der Waals surface area contributed by atoms with Crippen LogP contribution in [0.5, 0.6) is 0 Å². The zero-order valence-electron chi connectivity index (χ0n) is 35.2. The molecule has 1 N–H and O–H groups in total. The summed E-state index contributed by atoms with van der Waals surface area (Å²) in [6.45, 7) is 9.51. The Morgan fingerprint density at radius 1 is 0.702 bits per heavy atom. The highest BCUT2D eigenvalue weighted by Crippen LogP contribution is 2.57. The molecule has 3 aliphatic carbocycles. The van der Waals surface area contributed by atoms with Crippen LogP contribution in [-0.4, -0.2) is 17.0 Å². The summed E-state index contributed by atoms with van der Waals surface area (Å²) in [5.41, 5.74) is 12.2. The number of aliphatic hydroxyl groups is 1. The molecule has 3 aliphatic rings. The van der Waals surface area contributed by atoms with Crippen LogP contribution in [0.4, 0.5) is 0 Å². The summed E-state index contributed by atoms with van der Waals surface area (Å²) in [7, 11) is 0. The SMILES string of the molecule is CCCCC(CC)CC1(CC(CC)CCCC)c2cc(-c3ccc(C(=O)c4ccccc4)cc3)ccc2-c2ccc(C3C=CC(C(O)C4=CCCC=C4)CC3)cc21. The van der Waals surface area contributed by atoms with E-state index in [0.717, 1.165) is 47.9 Å². The van der Waals surface area contributed by atoms with Gasteiger partial charge >= 0.3 is 0 Å². The maximum atomic E-state index is 13.3. The molecule has 5 atom stereocenters. The Kier molecular flexibility index (Phi) is 13.6. The monoisotopic (exact) mass is 759 g/mol. The van der Waals surface area contributed by atoms with Crippen LogP contribution in [0.2, 0.25) is 0 Å². The fraction of sp³-hybridized carbons (Fsp3) is 0.436. The fourth-order valence-corrected chi connectivity index (χ4v) is 10.4. The number of unbranched alkanes of at least 4 members (excludes halogenated alkanes) is 2. The second-order valence-corrected chi connectivity index (χ2v) is 17.5. The topological polar surface area (TPSA) is 37.3 Å². The Labute approximate surface area is 344 Å². The van der Waals surface area contributed by atoms with E-state index in [1.807, 2.05) is 42.5 Å². The van der Waals surface area contributed by atoms with Gasteiger partial charge in [-0.05, 0) is 101 Å². The van der Waals surface area contributed by atoms with Crippen LogP contribution in [0, 0.1) is 17.8 Å². The highest BCUT2D eigenvalue weighted by molar-refractivity contribution is 6.09. The third-order valence-corrected chi connectivity index (χ3v) is 13.9. The van der Waals surface area contributed by atoms with Crippen LogP contribution >= 0.6 is 0 Å². The normalized spacial score (nSPS) is 21.4. The first kappa shape index (κ1) is 40.9. The molecule has 57 heavy (non-hydrogen) atoms. The molecule has 0 radical (unpaired) electrons. The minimum atomic E-state index is -0.418. The molecule has 0 amide bonds. The van der Waals surface area contributed by atoms with Gasteiger partial charge in [-0.3, -0.25) is 4.79 Å². The molecule has 0 aromatic heterocycles. The Bertz CT molecular complexity index is 2030. The summed E-state index contributed by atoms with van der Waals surface area (Å²) >= 11 is 0. The molecule has 5 unspecified atom stereocenters. The summed E-state index contributed by atoms with van der Waals surface area (Å²) in [6.07, 6.45) is 27.4. The Hall–Kier alpha value is -4.27. The second kappa shape index (κ2) is 19.0. The smallest absolute Gasteiger partial charge is 0.193 e. The Morgan fingerprint density at radius 3 is 1.93 bits per heavy atom. The van der Waals surface area contributed by atoms with Crippen molar-refractivity contribution in [3.05, 3.63) is 155 Å². The van der Waals surface area contributed by atoms with E-state index in [1.54, 1.807) is 5.56 Å². The molecule has 0 saturated heterocycles. The van der Waals surface area contributed by atoms with Crippen LogP contribution in [0.25, 0.3) is 22.3 Å². The largest absolute Gasteiger partial charge is 0.388 e. The van der Waals surface area contributed by atoms with E-state index in [-0.39, 0.29) is 17.1 Å². The molecule has 0 fully saturated rings. The standard InChI is InChI=1S/C55H66O2/c1-5-9-17-39(7-3)37-55(38-40(8-4)18-10-6-2)51-35-47(41-23-27-45(28-24-41)53(56)43-19-13-11-14-20-43)31-33-49(51)50-34-32-48(36-52(50)55)42-25-29-46(30-26-42)54(57)44-21-15-12-16-22-44/h11,13-15,19-25,27-29,31-36,39-40,42,46,54,57H,5-10,12,16-18,26,30,37-38H2,1-4H3. The number of carbonyl (C=O) groups excluding carboxylic acids is 1. The van der Waals surface area contributed by atoms with Crippen molar-refractivity contribution < 1.29 is 9.90 Å². The number of allylic oxidation sites excluding steroid dienone is 3. The first-order valence-corrected chi connectivity index (χ1v) is 22.6. The molecule has 2 nitrogen and oxygen atoms in total. The van der Waals surface area contributed by atoms with Crippen molar-refractivity contribution in [3.8, 4) is 22.3 Å². The number of benzene rings is 4. The summed E-state index contributed by atoms with van der Waals surface area (Å²) in [5, 5.41) is 11.3. The molecule has 4 aromatic carbocycles. The number of hydrogen-bond donors (Lipinski definition) is 1. The van der Waals surface area contributed by atoms with Crippen LogP contribution in [-0.2, 0) is 5.41 Å². The van der Waals surface area contributed by atoms with E-state index in [9.17, 15) is 9.90 Å². The molecule has 0 aliphatic heterocycles. The zero-order valence-corrected chi connectivity index (χ0v) is 35.2. The predicted octanol–water partition coefficient (Wildman–Crippen LogP) is 14.8. The maximum Gasteiger partial charge on any atom is 0.193 e. The van der Waals surface area contributed by atoms with Gasteiger partial charge in [-0.25, -0.2) is 0 Å². The van der Waals surface area contributed by atoms with E-state index in [2.05, 4.69) is 107 Å². The van der Waals surface area contributed by atoms with Crippen molar-refractivity contribution in [2.24, 2.45) is 17.8 Å². The first-order valence-electron chi connectivity index (χ1n) is 22.6. The van der Waals surface area contributed by atoms with Gasteiger partial charge in [0.1, 0.15) is 0 Å². The van der Waals surface area contributed by atoms with Crippen molar-refractivity contribution in [2.75, 3.05) is 0 Å². The van der Waals surface area contributed by atoms with Gasteiger partial charge in [0, 0.05) is 28.4 Å². The van der Waals surface area contributed by atoms with Crippen molar-refractivity contribution in [2.45, 2.75) is 135 Å². The van der Waals surface area contributed by atoms with E-state index in [0.29, 0.717) is 17.8 Å². The average molecular weight is 759 g/mol. The molecule has 0 heterocycles. The molecule has 0 saturated carbocycles. The predicted molar refractivity (Wildman–Crippen MR) is 241 cm³/mol. The minimum Gasteiger partial charge on any atom is -0.388 e. The molecule has 0 spiro atoms. The first-order chi connectivity index (χ1) is 27.9. The lowest BCUT2D eigenvalue weighted by atomic mass is 9.64. The van der Waals surface area contributed by atoms with Crippen molar-refractivity contribution in [3.63, 3.8) is 0 Å². The summed E-state index contributed by atoms with van der Waals surface area (Å²) in [5.74, 6) is 1.90. The van der Waals surface area contributed by atoms with Gasteiger partial charge in [0.25, 0.3) is 0 Å². The van der Waals surface area contributed by atoms with E-state index in [1.165, 1.54) is 92.0 Å². The third-order valence-electron chi connectivity index (χ3n) is 13.9. The van der Waals surface area contributed by atoms with E-state index < -0.39 is 6.10 Å². The molecule has 2 heteroatoms. The number of carbonyl (C=O) groups is 1. The highest BCUT2D eigenvalue weighted by Gasteiger charge is 2.46. The Balaban J connectivity index is 1.29. The van der Waals surface area contributed by atoms with Gasteiger partial charge in [-0.2, -0.15) is 0 Å². The van der Waals surface area contributed by atoms with Crippen LogP contribution in [0.3, 0.4) is 0 Å². The van der Waals surface area contributed by atoms with Crippen molar-refractivity contribution in [1.82, 2.24) is 0 Å². The summed E-state index contributed by atoms with van der Waals surface area (Å²) < 4.78 is 0. The number of fused-ring (bicyclic) bond motifs is 3. The third kappa shape index (κ3) is 8.92. The lowest BCUT2D eigenvalue weighted by Crippen LogP contribution is -2.32. The minimum absolute atomic E-state index is 0.0648. The summed E-state index contributed by atoms with van der Waals surface area (Å²) in [4.78, 5) is 13.3. The lowest BCUT2D eigenvalue weighted by molar-refractivity contribution is 0.103. The van der Waals surface area contributed by atoms with Crippen molar-refractivity contribution in [1.29, 1.82) is 0 Å². The molecule has 298 valence electrons.